The van der Waals surface area contributed by atoms with Gasteiger partial charge in [-0.15, -0.1) is 11.8 Å². The summed E-state index contributed by atoms with van der Waals surface area (Å²) in [6, 6.07) is 13.9. The molecule has 1 aromatic heterocycles. The summed E-state index contributed by atoms with van der Waals surface area (Å²) in [5, 5.41) is 3.32. The zero-order chi connectivity index (χ0) is 17.1. The highest BCUT2D eigenvalue weighted by Gasteiger charge is 2.16. The molecule has 1 amide bonds. The number of methoxy groups -OCH3 is 1. The van der Waals surface area contributed by atoms with Crippen LogP contribution in [0.3, 0.4) is 0 Å². The SMILES string of the molecule is COc1ccc2nc(NC(=O)C(C)Sc3ccc(C)cc3)sc2c1. The van der Waals surface area contributed by atoms with Crippen molar-refractivity contribution in [2.75, 3.05) is 12.4 Å². The number of carbonyl (C=O) groups excluding carboxylic acids is 1. The van der Waals surface area contributed by atoms with Gasteiger partial charge in [-0.1, -0.05) is 29.0 Å². The van der Waals surface area contributed by atoms with Gasteiger partial charge in [-0.25, -0.2) is 4.98 Å². The van der Waals surface area contributed by atoms with Crippen molar-refractivity contribution >= 4 is 44.4 Å². The molecular weight excluding hydrogens is 340 g/mol. The van der Waals surface area contributed by atoms with Crippen LogP contribution >= 0.6 is 23.1 Å². The fraction of sp³-hybridized carbons (Fsp3) is 0.222. The van der Waals surface area contributed by atoms with Crippen LogP contribution in [0.5, 0.6) is 5.75 Å². The Morgan fingerprint density at radius 3 is 2.71 bits per heavy atom. The van der Waals surface area contributed by atoms with Gasteiger partial charge in [-0.05, 0) is 44.2 Å². The molecular formula is C18H18N2O2S2. The quantitative estimate of drug-likeness (QED) is 0.670. The number of anilines is 1. The van der Waals surface area contributed by atoms with Crippen LogP contribution in [-0.2, 0) is 4.79 Å². The first-order valence-electron chi connectivity index (χ1n) is 7.54. The highest BCUT2D eigenvalue weighted by Crippen LogP contribution is 2.30. The van der Waals surface area contributed by atoms with E-state index in [4.69, 9.17) is 4.74 Å². The van der Waals surface area contributed by atoms with E-state index < -0.39 is 0 Å². The number of ether oxygens (including phenoxy) is 1. The predicted molar refractivity (Wildman–Crippen MR) is 101 cm³/mol. The lowest BCUT2D eigenvalue weighted by atomic mass is 10.2. The molecule has 124 valence electrons. The average Bonchev–Trinajstić information content (AvgIpc) is 2.97. The maximum atomic E-state index is 12.4. The van der Waals surface area contributed by atoms with E-state index in [0.717, 1.165) is 20.9 Å². The third-order valence-electron chi connectivity index (χ3n) is 3.53. The maximum absolute atomic E-state index is 12.4. The molecule has 3 aromatic rings. The summed E-state index contributed by atoms with van der Waals surface area (Å²) in [7, 11) is 1.63. The molecule has 0 aliphatic rings. The number of fused-ring (bicyclic) bond motifs is 1. The summed E-state index contributed by atoms with van der Waals surface area (Å²) >= 11 is 2.99. The molecule has 0 fully saturated rings. The van der Waals surface area contributed by atoms with E-state index in [1.165, 1.54) is 28.7 Å². The Balaban J connectivity index is 1.68. The summed E-state index contributed by atoms with van der Waals surface area (Å²) in [6.07, 6.45) is 0. The number of carbonyl (C=O) groups is 1. The van der Waals surface area contributed by atoms with E-state index in [-0.39, 0.29) is 11.2 Å². The van der Waals surface area contributed by atoms with Gasteiger partial charge in [0.1, 0.15) is 5.75 Å². The standard InChI is InChI=1S/C18H18N2O2S2/c1-11-4-7-14(8-5-11)23-12(2)17(21)20-18-19-15-9-6-13(22-3)10-16(15)24-18/h4-10,12H,1-3H3,(H,19,20,21). The third kappa shape index (κ3) is 3.88. The highest BCUT2D eigenvalue weighted by atomic mass is 32.2. The van der Waals surface area contributed by atoms with Gasteiger partial charge in [0.2, 0.25) is 5.91 Å². The molecule has 24 heavy (non-hydrogen) atoms. The van der Waals surface area contributed by atoms with Gasteiger partial charge in [-0.2, -0.15) is 0 Å². The zero-order valence-electron chi connectivity index (χ0n) is 13.7. The molecule has 6 heteroatoms. The van der Waals surface area contributed by atoms with E-state index in [1.54, 1.807) is 7.11 Å². The molecule has 0 bridgehead atoms. The molecule has 0 saturated heterocycles. The number of amides is 1. The second kappa shape index (κ2) is 7.23. The Hall–Kier alpha value is -2.05. The minimum Gasteiger partial charge on any atom is -0.497 e. The van der Waals surface area contributed by atoms with Gasteiger partial charge >= 0.3 is 0 Å². The van der Waals surface area contributed by atoms with Crippen molar-refractivity contribution in [2.45, 2.75) is 24.0 Å². The van der Waals surface area contributed by atoms with Crippen molar-refractivity contribution in [3.05, 3.63) is 48.0 Å². The van der Waals surface area contributed by atoms with Crippen LogP contribution < -0.4 is 10.1 Å². The number of nitrogens with one attached hydrogen (secondary N) is 1. The van der Waals surface area contributed by atoms with E-state index in [9.17, 15) is 4.79 Å². The number of thiazole rings is 1. The smallest absolute Gasteiger partial charge is 0.239 e. The van der Waals surface area contributed by atoms with Gasteiger partial charge in [0.15, 0.2) is 5.13 Å². The Bertz CT molecular complexity index is 859. The number of aromatic nitrogens is 1. The lowest BCUT2D eigenvalue weighted by Crippen LogP contribution is -2.22. The lowest BCUT2D eigenvalue weighted by Gasteiger charge is -2.10. The van der Waals surface area contributed by atoms with E-state index in [2.05, 4.69) is 10.3 Å². The Morgan fingerprint density at radius 1 is 1.25 bits per heavy atom. The molecule has 1 unspecified atom stereocenters. The molecule has 4 nitrogen and oxygen atoms in total. The van der Waals surface area contributed by atoms with E-state index >= 15 is 0 Å². The van der Waals surface area contributed by atoms with Crippen LogP contribution in [0.1, 0.15) is 12.5 Å². The fourth-order valence-corrected chi connectivity index (χ4v) is 3.93. The molecule has 0 spiro atoms. The summed E-state index contributed by atoms with van der Waals surface area (Å²) in [4.78, 5) is 17.9. The minimum atomic E-state index is -0.200. The average molecular weight is 358 g/mol. The molecule has 1 heterocycles. The lowest BCUT2D eigenvalue weighted by molar-refractivity contribution is -0.115. The van der Waals surface area contributed by atoms with Crippen molar-refractivity contribution in [1.29, 1.82) is 0 Å². The second-order valence-corrected chi connectivity index (χ2v) is 7.86. The van der Waals surface area contributed by atoms with Crippen molar-refractivity contribution < 1.29 is 9.53 Å². The third-order valence-corrected chi connectivity index (χ3v) is 5.57. The maximum Gasteiger partial charge on any atom is 0.239 e. The largest absolute Gasteiger partial charge is 0.497 e. The summed E-state index contributed by atoms with van der Waals surface area (Å²) in [5.74, 6) is 0.735. The number of hydrogen-bond donors (Lipinski definition) is 1. The minimum absolute atomic E-state index is 0.0494. The zero-order valence-corrected chi connectivity index (χ0v) is 15.3. The number of benzene rings is 2. The Kier molecular flexibility index (Phi) is 5.06. The van der Waals surface area contributed by atoms with E-state index in [0.29, 0.717) is 5.13 Å². The molecule has 0 aliphatic heterocycles. The van der Waals surface area contributed by atoms with Gasteiger partial charge in [0, 0.05) is 4.90 Å². The monoisotopic (exact) mass is 358 g/mol. The first-order chi connectivity index (χ1) is 11.5. The summed E-state index contributed by atoms with van der Waals surface area (Å²) in [6.45, 7) is 3.95. The van der Waals surface area contributed by atoms with Crippen LogP contribution in [0, 0.1) is 6.92 Å². The first kappa shape index (κ1) is 16.8. The number of hydrogen-bond acceptors (Lipinski definition) is 5. The number of thioether (sulfide) groups is 1. The molecule has 0 radical (unpaired) electrons. The van der Waals surface area contributed by atoms with Crippen LogP contribution in [0.4, 0.5) is 5.13 Å². The summed E-state index contributed by atoms with van der Waals surface area (Å²) in [5.41, 5.74) is 2.07. The summed E-state index contributed by atoms with van der Waals surface area (Å²) < 4.78 is 6.20. The van der Waals surface area contributed by atoms with Crippen molar-refractivity contribution in [3.63, 3.8) is 0 Å². The van der Waals surface area contributed by atoms with E-state index in [1.807, 2.05) is 56.3 Å². The number of nitrogens with zero attached hydrogens (tertiary/aromatic N) is 1. The fourth-order valence-electron chi connectivity index (χ4n) is 2.17. The Labute approximate surface area is 149 Å². The van der Waals surface area contributed by atoms with Crippen LogP contribution in [0.15, 0.2) is 47.4 Å². The van der Waals surface area contributed by atoms with Crippen LogP contribution in [0.25, 0.3) is 10.2 Å². The molecule has 2 aromatic carbocycles. The Morgan fingerprint density at radius 2 is 2.00 bits per heavy atom. The molecule has 1 atom stereocenters. The molecule has 0 saturated carbocycles. The van der Waals surface area contributed by atoms with Gasteiger partial charge in [0.05, 0.1) is 22.6 Å². The molecule has 1 N–H and O–H groups in total. The van der Waals surface area contributed by atoms with Crippen LogP contribution in [0.2, 0.25) is 0 Å². The van der Waals surface area contributed by atoms with Gasteiger partial charge in [-0.3, -0.25) is 4.79 Å². The number of aryl methyl sites for hydroxylation is 1. The van der Waals surface area contributed by atoms with Gasteiger partial charge in [0.25, 0.3) is 0 Å². The van der Waals surface area contributed by atoms with Crippen molar-refractivity contribution in [1.82, 2.24) is 4.98 Å². The van der Waals surface area contributed by atoms with Crippen molar-refractivity contribution in [2.24, 2.45) is 0 Å². The molecule has 0 aliphatic carbocycles. The van der Waals surface area contributed by atoms with Gasteiger partial charge < -0.3 is 10.1 Å². The molecule has 3 rings (SSSR count). The topological polar surface area (TPSA) is 51.2 Å². The number of rotatable bonds is 5. The second-order valence-electron chi connectivity index (χ2n) is 5.42. The normalized spacial score (nSPS) is 12.1. The predicted octanol–water partition coefficient (Wildman–Crippen LogP) is 4.73. The van der Waals surface area contributed by atoms with Crippen LogP contribution in [-0.4, -0.2) is 23.3 Å². The van der Waals surface area contributed by atoms with Crippen molar-refractivity contribution in [3.8, 4) is 5.75 Å². The first-order valence-corrected chi connectivity index (χ1v) is 9.23. The highest BCUT2D eigenvalue weighted by molar-refractivity contribution is 8.00.